The maximum Gasteiger partial charge on any atom is 0.276 e. The summed E-state index contributed by atoms with van der Waals surface area (Å²) < 4.78 is 5.77. The van der Waals surface area contributed by atoms with Gasteiger partial charge in [0.25, 0.3) is 5.91 Å². The Kier molecular flexibility index (Phi) is 6.83. The molecule has 1 aliphatic heterocycles. The van der Waals surface area contributed by atoms with Gasteiger partial charge in [0.15, 0.2) is 10.9 Å². The molecular weight excluding hydrogens is 439 g/mol. The minimum Gasteiger partial charge on any atom is -0.486 e. The molecule has 1 heterocycles. The molecule has 1 amide bonds. The van der Waals surface area contributed by atoms with Gasteiger partial charge in [0, 0.05) is 17.1 Å². The average molecular weight is 456 g/mol. The number of benzene rings is 2. The fraction of sp³-hybridized carbons (Fsp3) is 0.200. The summed E-state index contributed by atoms with van der Waals surface area (Å²) in [6.45, 7) is 2.79. The Morgan fingerprint density at radius 3 is 2.46 bits per heavy atom. The van der Waals surface area contributed by atoms with Crippen LogP contribution < -0.4 is 10.1 Å². The van der Waals surface area contributed by atoms with Gasteiger partial charge in [-0.2, -0.15) is 0 Å². The van der Waals surface area contributed by atoms with Gasteiger partial charge in [0.2, 0.25) is 0 Å². The van der Waals surface area contributed by atoms with E-state index in [9.17, 15) is 4.79 Å². The third kappa shape index (κ3) is 4.61. The number of hydrogen-bond acceptors (Lipinski definition) is 3. The molecule has 1 fully saturated rings. The van der Waals surface area contributed by atoms with Crippen LogP contribution in [0.25, 0.3) is 6.08 Å². The number of halogens is 3. The second-order valence-electron chi connectivity index (χ2n) is 6.14. The van der Waals surface area contributed by atoms with Crippen LogP contribution in [0.4, 0.5) is 0 Å². The summed E-state index contributed by atoms with van der Waals surface area (Å²) in [5, 5.41) is 4.61. The van der Waals surface area contributed by atoms with Crippen LogP contribution in [0.5, 0.6) is 5.75 Å². The van der Waals surface area contributed by atoms with Crippen molar-refractivity contribution in [3.63, 3.8) is 0 Å². The van der Waals surface area contributed by atoms with Crippen molar-refractivity contribution in [2.45, 2.75) is 20.0 Å². The van der Waals surface area contributed by atoms with Crippen molar-refractivity contribution >= 4 is 64.1 Å². The van der Waals surface area contributed by atoms with E-state index >= 15 is 0 Å². The molecular formula is C20H17Cl3N2O2S. The van der Waals surface area contributed by atoms with Crippen LogP contribution in [0.3, 0.4) is 0 Å². The lowest BCUT2D eigenvalue weighted by atomic mass is 10.1. The first kappa shape index (κ1) is 20.9. The normalized spacial score (nSPS) is 15.3. The lowest BCUT2D eigenvalue weighted by molar-refractivity contribution is -0.122. The van der Waals surface area contributed by atoms with Crippen LogP contribution in [-0.2, 0) is 11.4 Å². The number of nitrogens with zero attached hydrogens (tertiary/aromatic N) is 1. The van der Waals surface area contributed by atoms with Gasteiger partial charge >= 0.3 is 0 Å². The molecule has 0 radical (unpaired) electrons. The van der Waals surface area contributed by atoms with Crippen LogP contribution in [0.1, 0.15) is 24.5 Å². The van der Waals surface area contributed by atoms with Gasteiger partial charge in [-0.25, -0.2) is 0 Å². The molecule has 0 saturated carbocycles. The molecule has 0 atom stereocenters. The number of hydrogen-bond donors (Lipinski definition) is 1. The molecule has 0 bridgehead atoms. The molecule has 0 aromatic heterocycles. The molecule has 4 nitrogen and oxygen atoms in total. The van der Waals surface area contributed by atoms with Crippen molar-refractivity contribution < 1.29 is 9.53 Å². The first-order valence-electron chi connectivity index (χ1n) is 8.60. The molecule has 146 valence electrons. The molecule has 2 aromatic rings. The van der Waals surface area contributed by atoms with E-state index in [1.54, 1.807) is 24.3 Å². The smallest absolute Gasteiger partial charge is 0.276 e. The molecule has 1 aliphatic rings. The van der Waals surface area contributed by atoms with Gasteiger partial charge in [0.05, 0.1) is 10.0 Å². The summed E-state index contributed by atoms with van der Waals surface area (Å²) in [4.78, 5) is 14.0. The lowest BCUT2D eigenvalue weighted by Crippen LogP contribution is -2.31. The summed E-state index contributed by atoms with van der Waals surface area (Å²) in [7, 11) is 0. The van der Waals surface area contributed by atoms with E-state index in [0.29, 0.717) is 43.7 Å². The van der Waals surface area contributed by atoms with Gasteiger partial charge in [-0.3, -0.25) is 9.69 Å². The third-order valence-corrected chi connectivity index (χ3v) is 5.32. The quantitative estimate of drug-likeness (QED) is 0.448. The molecule has 0 aliphatic carbocycles. The van der Waals surface area contributed by atoms with Gasteiger partial charge in [-0.15, -0.1) is 0 Å². The second-order valence-corrected chi connectivity index (χ2v) is 7.75. The maximum absolute atomic E-state index is 12.4. The average Bonchev–Trinajstić information content (AvgIpc) is 2.90. The summed E-state index contributed by atoms with van der Waals surface area (Å²) in [6.07, 6.45) is 2.48. The van der Waals surface area contributed by atoms with E-state index in [2.05, 4.69) is 5.32 Å². The molecule has 1 N–H and O–H groups in total. The van der Waals surface area contributed by atoms with Crippen molar-refractivity contribution in [1.82, 2.24) is 10.2 Å². The number of rotatable bonds is 6. The van der Waals surface area contributed by atoms with Crippen molar-refractivity contribution in [2.75, 3.05) is 6.54 Å². The zero-order valence-electron chi connectivity index (χ0n) is 15.0. The van der Waals surface area contributed by atoms with E-state index in [1.807, 2.05) is 25.1 Å². The fourth-order valence-electron chi connectivity index (χ4n) is 2.73. The number of carbonyl (C=O) groups is 1. The highest BCUT2D eigenvalue weighted by molar-refractivity contribution is 7.80. The SMILES string of the molecule is CCCN1C(=O)/C(=C/c2cc(Cl)c(OCc3ccccc3Cl)c(Cl)c2)NC1=S. The Balaban J connectivity index is 1.79. The largest absolute Gasteiger partial charge is 0.486 e. The monoisotopic (exact) mass is 454 g/mol. The van der Waals surface area contributed by atoms with Crippen molar-refractivity contribution in [1.29, 1.82) is 0 Å². The van der Waals surface area contributed by atoms with Gasteiger partial charge < -0.3 is 10.1 Å². The predicted molar refractivity (Wildman–Crippen MR) is 118 cm³/mol. The van der Waals surface area contributed by atoms with Gasteiger partial charge in [-0.1, -0.05) is 59.9 Å². The molecule has 0 spiro atoms. The maximum atomic E-state index is 12.4. The number of amides is 1. The first-order valence-corrected chi connectivity index (χ1v) is 10.1. The van der Waals surface area contributed by atoms with Crippen LogP contribution >= 0.6 is 47.0 Å². The summed E-state index contributed by atoms with van der Waals surface area (Å²) in [5.74, 6) is 0.192. The molecule has 2 aromatic carbocycles. The van der Waals surface area contributed by atoms with E-state index in [1.165, 1.54) is 4.90 Å². The minimum absolute atomic E-state index is 0.168. The fourth-order valence-corrected chi connectivity index (χ4v) is 3.82. The molecule has 3 rings (SSSR count). The van der Waals surface area contributed by atoms with E-state index in [0.717, 1.165) is 12.0 Å². The first-order chi connectivity index (χ1) is 13.4. The summed E-state index contributed by atoms with van der Waals surface area (Å²) >= 11 is 24.1. The van der Waals surface area contributed by atoms with E-state index in [-0.39, 0.29) is 12.5 Å². The van der Waals surface area contributed by atoms with Crippen LogP contribution in [0.15, 0.2) is 42.1 Å². The molecule has 28 heavy (non-hydrogen) atoms. The molecule has 0 unspecified atom stereocenters. The Bertz CT molecular complexity index is 939. The Hall–Kier alpha value is -1.79. The van der Waals surface area contributed by atoms with Crippen molar-refractivity contribution in [3.05, 3.63) is 68.3 Å². The topological polar surface area (TPSA) is 41.6 Å². The molecule has 1 saturated heterocycles. The van der Waals surface area contributed by atoms with Gasteiger partial charge in [0.1, 0.15) is 12.3 Å². The van der Waals surface area contributed by atoms with Crippen LogP contribution in [-0.4, -0.2) is 22.5 Å². The third-order valence-electron chi connectivity index (χ3n) is 4.07. The van der Waals surface area contributed by atoms with Crippen molar-refractivity contribution in [3.8, 4) is 5.75 Å². The second kappa shape index (κ2) is 9.14. The molecule has 8 heteroatoms. The highest BCUT2D eigenvalue weighted by atomic mass is 35.5. The Morgan fingerprint density at radius 2 is 1.82 bits per heavy atom. The van der Waals surface area contributed by atoms with Gasteiger partial charge in [-0.05, 0) is 48.5 Å². The minimum atomic E-state index is -0.168. The number of carbonyl (C=O) groups excluding carboxylic acids is 1. The standard InChI is InChI=1S/C20H17Cl3N2O2S/c1-2-7-25-19(26)17(24-20(25)28)10-12-8-15(22)18(16(23)9-12)27-11-13-5-3-4-6-14(13)21/h3-6,8-10H,2,7,11H2,1H3,(H,24,28)/b17-10-. The summed E-state index contributed by atoms with van der Waals surface area (Å²) in [5.41, 5.74) is 1.88. The highest BCUT2D eigenvalue weighted by Crippen LogP contribution is 2.36. The van der Waals surface area contributed by atoms with Crippen LogP contribution in [0, 0.1) is 0 Å². The lowest BCUT2D eigenvalue weighted by Gasteiger charge is -2.12. The zero-order valence-corrected chi connectivity index (χ0v) is 18.1. The number of ether oxygens (including phenoxy) is 1. The van der Waals surface area contributed by atoms with Crippen molar-refractivity contribution in [2.24, 2.45) is 0 Å². The highest BCUT2D eigenvalue weighted by Gasteiger charge is 2.29. The Morgan fingerprint density at radius 1 is 1.14 bits per heavy atom. The summed E-state index contributed by atoms with van der Waals surface area (Å²) in [6, 6.07) is 10.7. The van der Waals surface area contributed by atoms with E-state index < -0.39 is 0 Å². The number of nitrogens with one attached hydrogen (secondary N) is 1. The number of thiocarbonyl (C=S) groups is 1. The predicted octanol–water partition coefficient (Wildman–Crippen LogP) is 5.69. The zero-order chi connectivity index (χ0) is 20.3. The Labute approximate surface area is 184 Å². The van der Waals surface area contributed by atoms with Crippen LogP contribution in [0.2, 0.25) is 15.1 Å². The van der Waals surface area contributed by atoms with E-state index in [4.69, 9.17) is 51.8 Å².